The Morgan fingerprint density at radius 3 is 2.43 bits per heavy atom. The third-order valence-corrected chi connectivity index (χ3v) is 1.16. The molecule has 3 nitrogen and oxygen atoms in total. The maximum atomic E-state index is 12.1. The predicted octanol–water partition coefficient (Wildman–Crippen LogP) is 1.81. The van der Waals surface area contributed by atoms with Crippen LogP contribution in [0.1, 0.15) is 13.3 Å². The van der Waals surface area contributed by atoms with Gasteiger partial charge in [-0.3, -0.25) is 4.79 Å². The fraction of sp³-hybridized carbons (Fsp3) is 0.857. The van der Waals surface area contributed by atoms with Gasteiger partial charge in [0.25, 0.3) is 0 Å². The molecule has 0 heterocycles. The van der Waals surface area contributed by atoms with Crippen LogP contribution in [0.2, 0.25) is 0 Å². The van der Waals surface area contributed by atoms with Gasteiger partial charge in [0.1, 0.15) is 0 Å². The highest BCUT2D eigenvalue weighted by Crippen LogP contribution is 2.23. The van der Waals surface area contributed by atoms with Gasteiger partial charge in [-0.05, 0) is 6.92 Å². The van der Waals surface area contributed by atoms with E-state index in [9.17, 15) is 22.4 Å². The van der Waals surface area contributed by atoms with Crippen molar-refractivity contribution in [1.82, 2.24) is 0 Å². The van der Waals surface area contributed by atoms with E-state index in [1.807, 2.05) is 0 Å². The average Bonchev–Trinajstić information content (AvgIpc) is 2.04. The monoisotopic (exact) mass is 218 g/mol. The predicted molar refractivity (Wildman–Crippen MR) is 38.2 cm³/mol. The molecule has 0 aliphatic heterocycles. The molecule has 0 aliphatic rings. The smallest absolute Gasteiger partial charge is 0.416 e. The Kier molecular flexibility index (Phi) is 5.44. The molecule has 0 saturated carbocycles. The molecule has 0 saturated heterocycles. The zero-order chi connectivity index (χ0) is 11.2. The fourth-order valence-electron chi connectivity index (χ4n) is 0.567. The van der Waals surface area contributed by atoms with Crippen molar-refractivity contribution in [2.45, 2.75) is 25.9 Å². The van der Waals surface area contributed by atoms with E-state index in [4.69, 9.17) is 0 Å². The molecule has 14 heavy (non-hydrogen) atoms. The van der Waals surface area contributed by atoms with Gasteiger partial charge < -0.3 is 9.47 Å². The maximum absolute atomic E-state index is 12.1. The second kappa shape index (κ2) is 5.79. The molecule has 0 spiro atoms. The van der Waals surface area contributed by atoms with E-state index in [2.05, 4.69) is 9.47 Å². The third-order valence-electron chi connectivity index (χ3n) is 1.16. The molecule has 0 amide bonds. The molecule has 0 radical (unpaired) electrons. The van der Waals surface area contributed by atoms with Gasteiger partial charge in [-0.1, -0.05) is 0 Å². The van der Waals surface area contributed by atoms with Crippen molar-refractivity contribution >= 4 is 5.97 Å². The molecule has 0 fully saturated rings. The maximum Gasteiger partial charge on any atom is 0.416 e. The average molecular weight is 218 g/mol. The highest BCUT2D eigenvalue weighted by atomic mass is 19.3. The minimum absolute atomic E-state index is 0.101. The molecule has 7 heteroatoms. The Morgan fingerprint density at radius 1 is 1.43 bits per heavy atom. The van der Waals surface area contributed by atoms with Crippen molar-refractivity contribution in [3.63, 3.8) is 0 Å². The molecule has 0 aromatic rings. The van der Waals surface area contributed by atoms with Gasteiger partial charge in [-0.25, -0.2) is 8.78 Å². The lowest BCUT2D eigenvalue weighted by Crippen LogP contribution is -2.31. The van der Waals surface area contributed by atoms with Crippen LogP contribution in [-0.4, -0.2) is 31.7 Å². The Balaban J connectivity index is 3.68. The number of alkyl halides is 4. The van der Waals surface area contributed by atoms with E-state index in [1.165, 1.54) is 6.92 Å². The van der Waals surface area contributed by atoms with Crippen LogP contribution in [0.4, 0.5) is 17.6 Å². The lowest BCUT2D eigenvalue weighted by atomic mass is 10.4. The van der Waals surface area contributed by atoms with E-state index < -0.39 is 31.5 Å². The van der Waals surface area contributed by atoms with Gasteiger partial charge in [-0.2, -0.15) is 8.78 Å². The molecule has 0 rings (SSSR count). The van der Waals surface area contributed by atoms with Crippen LogP contribution in [0, 0.1) is 0 Å². The summed E-state index contributed by atoms with van der Waals surface area (Å²) in [5, 5.41) is 0. The summed E-state index contributed by atoms with van der Waals surface area (Å²) >= 11 is 0. The first-order valence-corrected chi connectivity index (χ1v) is 3.85. The van der Waals surface area contributed by atoms with Gasteiger partial charge in [0.2, 0.25) is 0 Å². The summed E-state index contributed by atoms with van der Waals surface area (Å²) in [5.74, 6) is -0.766. The van der Waals surface area contributed by atoms with Crippen LogP contribution in [-0.2, 0) is 14.3 Å². The number of hydrogen-bond donors (Lipinski definition) is 0. The Morgan fingerprint density at radius 2 is 2.00 bits per heavy atom. The summed E-state index contributed by atoms with van der Waals surface area (Å²) in [5.41, 5.74) is 0. The first-order chi connectivity index (χ1) is 6.40. The first kappa shape index (κ1) is 13.2. The van der Waals surface area contributed by atoms with Crippen LogP contribution in [0.5, 0.6) is 0 Å². The van der Waals surface area contributed by atoms with Crippen molar-refractivity contribution < 1.29 is 31.8 Å². The lowest BCUT2D eigenvalue weighted by molar-refractivity contribution is -0.300. The molecule has 0 aliphatic carbocycles. The Bertz CT molecular complexity index is 184. The van der Waals surface area contributed by atoms with Crippen molar-refractivity contribution in [2.24, 2.45) is 0 Å². The summed E-state index contributed by atoms with van der Waals surface area (Å²) in [6, 6.07) is 0. The van der Waals surface area contributed by atoms with E-state index in [-0.39, 0.29) is 6.61 Å². The van der Waals surface area contributed by atoms with Gasteiger partial charge in [-0.15, -0.1) is 0 Å². The van der Waals surface area contributed by atoms with Crippen LogP contribution in [0.25, 0.3) is 0 Å². The molecule has 0 aromatic heterocycles. The molecular weight excluding hydrogens is 208 g/mol. The molecule has 0 atom stereocenters. The lowest BCUT2D eigenvalue weighted by Gasteiger charge is -2.14. The summed E-state index contributed by atoms with van der Waals surface area (Å²) < 4.78 is 55.0. The molecule has 0 aromatic carbocycles. The van der Waals surface area contributed by atoms with Crippen LogP contribution in [0.3, 0.4) is 0 Å². The number of rotatable bonds is 6. The largest absolute Gasteiger partial charge is 0.466 e. The number of carbonyl (C=O) groups is 1. The zero-order valence-electron chi connectivity index (χ0n) is 7.44. The summed E-state index contributed by atoms with van der Waals surface area (Å²) in [7, 11) is 0. The van der Waals surface area contributed by atoms with E-state index in [0.717, 1.165) is 0 Å². The molecule has 0 unspecified atom stereocenters. The van der Waals surface area contributed by atoms with Crippen LogP contribution in [0.15, 0.2) is 0 Å². The van der Waals surface area contributed by atoms with Crippen molar-refractivity contribution in [3.8, 4) is 0 Å². The normalized spacial score (nSPS) is 11.9. The van der Waals surface area contributed by atoms with Crippen molar-refractivity contribution in [3.05, 3.63) is 0 Å². The Labute approximate surface area is 78.0 Å². The summed E-state index contributed by atoms with van der Waals surface area (Å²) in [4.78, 5) is 10.6. The quantitative estimate of drug-likeness (QED) is 0.503. The number of esters is 1. The fourth-order valence-corrected chi connectivity index (χ4v) is 0.567. The summed E-state index contributed by atoms with van der Waals surface area (Å²) in [6.45, 7) is 0.840. The number of hydrogen-bond acceptors (Lipinski definition) is 3. The van der Waals surface area contributed by atoms with Gasteiger partial charge in [0.15, 0.2) is 0 Å². The van der Waals surface area contributed by atoms with E-state index >= 15 is 0 Å². The topological polar surface area (TPSA) is 35.5 Å². The van der Waals surface area contributed by atoms with Crippen LogP contribution >= 0.6 is 0 Å². The summed E-state index contributed by atoms with van der Waals surface area (Å²) in [6.07, 6.45) is -8.88. The van der Waals surface area contributed by atoms with Crippen molar-refractivity contribution in [1.29, 1.82) is 0 Å². The van der Waals surface area contributed by atoms with E-state index in [0.29, 0.717) is 0 Å². The number of ether oxygens (including phenoxy) is 2. The first-order valence-electron chi connectivity index (χ1n) is 3.85. The highest BCUT2D eigenvalue weighted by Gasteiger charge is 2.42. The zero-order valence-corrected chi connectivity index (χ0v) is 7.44. The van der Waals surface area contributed by atoms with Gasteiger partial charge in [0, 0.05) is 0 Å². The second-order valence-corrected chi connectivity index (χ2v) is 2.27. The molecule has 0 N–H and O–H groups in total. The number of carbonyl (C=O) groups excluding carboxylic acids is 1. The SMILES string of the molecule is CCOC(=O)CCOC(F)(F)C(F)F. The Hall–Kier alpha value is -0.850. The molecular formula is C7H10F4O3. The minimum Gasteiger partial charge on any atom is -0.466 e. The molecule has 0 bridgehead atoms. The van der Waals surface area contributed by atoms with Gasteiger partial charge in [0.05, 0.1) is 19.6 Å². The van der Waals surface area contributed by atoms with E-state index in [1.54, 1.807) is 0 Å². The second-order valence-electron chi connectivity index (χ2n) is 2.27. The minimum atomic E-state index is -4.51. The molecule has 84 valence electrons. The third kappa shape index (κ3) is 5.00. The standard InChI is InChI=1S/C7H10F4O3/c1-2-13-5(12)3-4-14-7(10,11)6(8)9/h6H,2-4H2,1H3. The van der Waals surface area contributed by atoms with Crippen molar-refractivity contribution in [2.75, 3.05) is 13.2 Å². The number of halogens is 4. The van der Waals surface area contributed by atoms with Crippen LogP contribution < -0.4 is 0 Å². The highest BCUT2D eigenvalue weighted by molar-refractivity contribution is 5.69. The van der Waals surface area contributed by atoms with Gasteiger partial charge >= 0.3 is 18.5 Å².